The smallest absolute Gasteiger partial charge is 0.238 e. The predicted molar refractivity (Wildman–Crippen MR) is 87.4 cm³/mol. The number of rotatable bonds is 4. The molecule has 0 aromatic heterocycles. The standard InChI is InChI=1S/C15H21N3O2S/c1-15(2)10-20-8-7-18(15)9-13(19)17-12-5-3-11(4-6-12)14(16)21/h3-6H,7-10H2,1-2H3,(H2,16,21)(H,17,19). The summed E-state index contributed by atoms with van der Waals surface area (Å²) in [6.45, 7) is 6.59. The summed E-state index contributed by atoms with van der Waals surface area (Å²) in [5.41, 5.74) is 6.96. The van der Waals surface area contributed by atoms with Crippen LogP contribution in [0.2, 0.25) is 0 Å². The van der Waals surface area contributed by atoms with E-state index in [0.29, 0.717) is 24.7 Å². The van der Waals surface area contributed by atoms with E-state index < -0.39 is 0 Å². The van der Waals surface area contributed by atoms with Crippen molar-refractivity contribution in [1.82, 2.24) is 4.90 Å². The number of nitrogens with one attached hydrogen (secondary N) is 1. The Morgan fingerprint density at radius 3 is 2.67 bits per heavy atom. The summed E-state index contributed by atoms with van der Waals surface area (Å²) in [6, 6.07) is 7.21. The number of anilines is 1. The third-order valence-electron chi connectivity index (χ3n) is 3.60. The summed E-state index contributed by atoms with van der Waals surface area (Å²) in [5.74, 6) is -0.0342. The molecule has 1 fully saturated rings. The van der Waals surface area contributed by atoms with Crippen LogP contribution in [0.3, 0.4) is 0 Å². The van der Waals surface area contributed by atoms with Gasteiger partial charge in [0.05, 0.1) is 19.8 Å². The first-order chi connectivity index (χ1) is 9.88. The molecular weight excluding hydrogens is 286 g/mol. The van der Waals surface area contributed by atoms with Gasteiger partial charge in [0.2, 0.25) is 5.91 Å². The van der Waals surface area contributed by atoms with E-state index in [1.807, 2.05) is 0 Å². The van der Waals surface area contributed by atoms with Gasteiger partial charge in [0, 0.05) is 23.3 Å². The fourth-order valence-electron chi connectivity index (χ4n) is 2.28. The minimum atomic E-state index is -0.120. The Kier molecular flexibility index (Phi) is 4.92. The molecule has 5 nitrogen and oxygen atoms in total. The topological polar surface area (TPSA) is 67.6 Å². The maximum Gasteiger partial charge on any atom is 0.238 e. The van der Waals surface area contributed by atoms with Gasteiger partial charge in [0.15, 0.2) is 0 Å². The second-order valence-electron chi connectivity index (χ2n) is 5.78. The molecule has 114 valence electrons. The number of thiocarbonyl (C=S) groups is 1. The first kappa shape index (κ1) is 15.9. The molecule has 1 heterocycles. The Labute approximate surface area is 130 Å². The molecule has 0 bridgehead atoms. The summed E-state index contributed by atoms with van der Waals surface area (Å²) in [5, 5.41) is 2.89. The van der Waals surface area contributed by atoms with Crippen molar-refractivity contribution in [3.63, 3.8) is 0 Å². The van der Waals surface area contributed by atoms with Crippen molar-refractivity contribution >= 4 is 28.8 Å². The molecular formula is C15H21N3O2S. The molecule has 0 spiro atoms. The fraction of sp³-hybridized carbons (Fsp3) is 0.467. The van der Waals surface area contributed by atoms with Crippen LogP contribution in [0.5, 0.6) is 0 Å². The molecule has 1 aliphatic rings. The lowest BCUT2D eigenvalue weighted by Gasteiger charge is -2.41. The van der Waals surface area contributed by atoms with Crippen LogP contribution in [0.25, 0.3) is 0 Å². The number of nitrogens with two attached hydrogens (primary N) is 1. The zero-order valence-corrected chi connectivity index (χ0v) is 13.2. The van der Waals surface area contributed by atoms with Crippen LogP contribution in [0.15, 0.2) is 24.3 Å². The number of carbonyl (C=O) groups is 1. The highest BCUT2D eigenvalue weighted by Gasteiger charge is 2.31. The second-order valence-corrected chi connectivity index (χ2v) is 6.22. The molecule has 1 aliphatic heterocycles. The first-order valence-electron chi connectivity index (χ1n) is 6.91. The minimum absolute atomic E-state index is 0.0342. The molecule has 6 heteroatoms. The van der Waals surface area contributed by atoms with Crippen LogP contribution in [0, 0.1) is 0 Å². The summed E-state index contributed by atoms with van der Waals surface area (Å²) in [6.07, 6.45) is 0. The molecule has 21 heavy (non-hydrogen) atoms. The largest absolute Gasteiger partial charge is 0.389 e. The van der Waals surface area contributed by atoms with Gasteiger partial charge < -0.3 is 15.8 Å². The molecule has 0 saturated carbocycles. The van der Waals surface area contributed by atoms with Crippen molar-refractivity contribution in [1.29, 1.82) is 0 Å². The Bertz CT molecular complexity index is 528. The molecule has 1 aromatic rings. The number of amides is 1. The van der Waals surface area contributed by atoms with Crippen molar-refractivity contribution in [2.24, 2.45) is 5.73 Å². The third-order valence-corrected chi connectivity index (χ3v) is 3.84. The maximum absolute atomic E-state index is 12.1. The molecule has 1 aromatic carbocycles. The number of nitrogens with zero attached hydrogens (tertiary/aromatic N) is 1. The minimum Gasteiger partial charge on any atom is -0.389 e. The highest BCUT2D eigenvalue weighted by molar-refractivity contribution is 7.80. The maximum atomic E-state index is 12.1. The van der Waals surface area contributed by atoms with E-state index in [1.165, 1.54) is 0 Å². The Morgan fingerprint density at radius 1 is 1.43 bits per heavy atom. The van der Waals surface area contributed by atoms with E-state index >= 15 is 0 Å². The molecule has 0 atom stereocenters. The molecule has 0 aliphatic carbocycles. The Hall–Kier alpha value is -1.50. The summed E-state index contributed by atoms with van der Waals surface area (Å²) in [4.78, 5) is 14.6. The first-order valence-corrected chi connectivity index (χ1v) is 7.32. The highest BCUT2D eigenvalue weighted by atomic mass is 32.1. The zero-order valence-electron chi connectivity index (χ0n) is 12.4. The average Bonchev–Trinajstić information content (AvgIpc) is 2.41. The summed E-state index contributed by atoms with van der Waals surface area (Å²) in [7, 11) is 0. The van der Waals surface area contributed by atoms with Gasteiger partial charge in [0.1, 0.15) is 4.99 Å². The SMILES string of the molecule is CC1(C)COCCN1CC(=O)Nc1ccc(C(N)=S)cc1. The predicted octanol–water partition coefficient (Wildman–Crippen LogP) is 1.37. The highest BCUT2D eigenvalue weighted by Crippen LogP contribution is 2.18. The van der Waals surface area contributed by atoms with Gasteiger partial charge in [-0.05, 0) is 38.1 Å². The van der Waals surface area contributed by atoms with Crippen molar-refractivity contribution in [3.8, 4) is 0 Å². The summed E-state index contributed by atoms with van der Waals surface area (Å²) >= 11 is 4.90. The van der Waals surface area contributed by atoms with Gasteiger partial charge in [0.25, 0.3) is 0 Å². The lowest BCUT2D eigenvalue weighted by molar-refractivity contribution is -0.122. The average molecular weight is 307 g/mol. The van der Waals surface area contributed by atoms with Crippen LogP contribution < -0.4 is 11.1 Å². The van der Waals surface area contributed by atoms with Gasteiger partial charge in [-0.3, -0.25) is 9.69 Å². The van der Waals surface area contributed by atoms with Crippen molar-refractivity contribution in [2.75, 3.05) is 31.6 Å². The van der Waals surface area contributed by atoms with Crippen molar-refractivity contribution in [3.05, 3.63) is 29.8 Å². The van der Waals surface area contributed by atoms with Gasteiger partial charge in [-0.1, -0.05) is 12.2 Å². The van der Waals surface area contributed by atoms with Crippen LogP contribution in [-0.2, 0) is 9.53 Å². The van der Waals surface area contributed by atoms with Crippen LogP contribution >= 0.6 is 12.2 Å². The fourth-order valence-corrected chi connectivity index (χ4v) is 2.41. The number of carbonyl (C=O) groups excluding carboxylic acids is 1. The second kappa shape index (κ2) is 6.51. The number of hydrogen-bond donors (Lipinski definition) is 2. The van der Waals surface area contributed by atoms with Crippen LogP contribution in [0.4, 0.5) is 5.69 Å². The number of morpholine rings is 1. The molecule has 3 N–H and O–H groups in total. The van der Waals surface area contributed by atoms with Crippen LogP contribution in [0.1, 0.15) is 19.4 Å². The molecule has 0 unspecified atom stereocenters. The van der Waals surface area contributed by atoms with Gasteiger partial charge >= 0.3 is 0 Å². The normalized spacial score (nSPS) is 18.2. The third kappa shape index (κ3) is 4.23. The number of benzene rings is 1. The van der Waals surface area contributed by atoms with E-state index in [4.69, 9.17) is 22.7 Å². The van der Waals surface area contributed by atoms with Gasteiger partial charge in [-0.15, -0.1) is 0 Å². The van der Waals surface area contributed by atoms with E-state index in [1.54, 1.807) is 24.3 Å². The van der Waals surface area contributed by atoms with Gasteiger partial charge in [-0.25, -0.2) is 0 Å². The van der Waals surface area contributed by atoms with E-state index in [9.17, 15) is 4.79 Å². The molecule has 2 rings (SSSR count). The van der Waals surface area contributed by atoms with E-state index in [-0.39, 0.29) is 11.4 Å². The Morgan fingerprint density at radius 2 is 2.10 bits per heavy atom. The zero-order chi connectivity index (χ0) is 15.5. The number of ether oxygens (including phenoxy) is 1. The monoisotopic (exact) mass is 307 g/mol. The van der Waals surface area contributed by atoms with E-state index in [0.717, 1.165) is 17.8 Å². The molecule has 0 radical (unpaired) electrons. The lowest BCUT2D eigenvalue weighted by atomic mass is 10.0. The lowest BCUT2D eigenvalue weighted by Crippen LogP contribution is -2.55. The quantitative estimate of drug-likeness (QED) is 0.822. The molecule has 1 amide bonds. The van der Waals surface area contributed by atoms with Crippen molar-refractivity contribution in [2.45, 2.75) is 19.4 Å². The number of hydrogen-bond acceptors (Lipinski definition) is 4. The summed E-state index contributed by atoms with van der Waals surface area (Å²) < 4.78 is 5.45. The van der Waals surface area contributed by atoms with Gasteiger partial charge in [-0.2, -0.15) is 0 Å². The van der Waals surface area contributed by atoms with E-state index in [2.05, 4.69) is 24.1 Å². The van der Waals surface area contributed by atoms with Crippen LogP contribution in [-0.4, -0.2) is 47.6 Å². The Balaban J connectivity index is 1.93. The molecule has 1 saturated heterocycles. The van der Waals surface area contributed by atoms with Crippen molar-refractivity contribution < 1.29 is 9.53 Å².